The first-order valence-corrected chi connectivity index (χ1v) is 30.7. The number of imide groups is 1. The zero-order chi connectivity index (χ0) is 59.4. The van der Waals surface area contributed by atoms with Gasteiger partial charge < -0.3 is 34.5 Å². The number of benzene rings is 4. The summed E-state index contributed by atoms with van der Waals surface area (Å²) in [5.74, 6) is 4.82. The number of rotatable bonds is 18. The van der Waals surface area contributed by atoms with Gasteiger partial charge in [0.2, 0.25) is 11.8 Å². The van der Waals surface area contributed by atoms with Gasteiger partial charge in [0.05, 0.1) is 29.0 Å². The van der Waals surface area contributed by atoms with Crippen molar-refractivity contribution in [2.75, 3.05) is 87.6 Å². The first-order valence-electron chi connectivity index (χ1n) is 28.8. The van der Waals surface area contributed by atoms with E-state index < -0.39 is 27.9 Å². The summed E-state index contributed by atoms with van der Waals surface area (Å²) in [4.78, 5) is 67.0. The Hall–Kier alpha value is -7.81. The van der Waals surface area contributed by atoms with Crippen LogP contribution in [0.15, 0.2) is 114 Å². The number of likely N-dealkylation sites (tertiary alicyclic amines) is 1. The lowest BCUT2D eigenvalue weighted by atomic mass is 9.72. The fourth-order valence-electron chi connectivity index (χ4n) is 12.1. The number of halogens is 1. The summed E-state index contributed by atoms with van der Waals surface area (Å²) in [5.41, 5.74) is 7.77. The molecule has 85 heavy (non-hydrogen) atoms. The number of nitrogens with zero attached hydrogens (tertiary/aromatic N) is 6. The summed E-state index contributed by atoms with van der Waals surface area (Å²) in [6, 6.07) is 25.4. The van der Waals surface area contributed by atoms with Crippen molar-refractivity contribution >= 4 is 78.9 Å². The number of fused-ring (bicyclic) bond motifs is 2. The lowest BCUT2D eigenvalue weighted by Crippen LogP contribution is -2.52. The third-order valence-electron chi connectivity index (χ3n) is 16.7. The zero-order valence-corrected chi connectivity index (χ0v) is 49.1. The molecule has 0 spiro atoms. The minimum atomic E-state index is -4.59. The van der Waals surface area contributed by atoms with E-state index in [2.05, 4.69) is 77.8 Å². The zero-order valence-electron chi connectivity index (χ0n) is 47.5. The predicted octanol–water partition coefficient (Wildman–Crippen LogP) is 8.45. The van der Waals surface area contributed by atoms with Crippen molar-refractivity contribution < 1.29 is 47.5 Å². The number of carbonyl (C=O) groups is 4. The molecule has 0 saturated carbocycles. The Morgan fingerprint density at radius 3 is 2.55 bits per heavy atom. The third-order valence-corrected chi connectivity index (χ3v) is 18.3. The van der Waals surface area contributed by atoms with Crippen LogP contribution in [0.2, 0.25) is 5.02 Å². The normalized spacial score (nSPS) is 19.3. The molecular formula is C63H69ClN10O10S. The lowest BCUT2D eigenvalue weighted by Gasteiger charge is -2.39. The number of anilines is 3. The van der Waals surface area contributed by atoms with Crippen molar-refractivity contribution in [1.82, 2.24) is 34.7 Å². The second-order valence-electron chi connectivity index (χ2n) is 23.3. The molecule has 11 rings (SSSR count). The van der Waals surface area contributed by atoms with Crippen LogP contribution in [0.3, 0.4) is 0 Å². The molecular weight excluding hydrogens is 1120 g/mol. The second kappa shape index (κ2) is 25.4. The molecule has 3 fully saturated rings. The van der Waals surface area contributed by atoms with Crippen LogP contribution in [0.1, 0.15) is 96.2 Å². The summed E-state index contributed by atoms with van der Waals surface area (Å²) < 4.78 is 42.5. The summed E-state index contributed by atoms with van der Waals surface area (Å²) in [6.45, 7) is 12.2. The number of hydrogen-bond acceptors (Lipinski definition) is 16. The third kappa shape index (κ3) is 14.0. The van der Waals surface area contributed by atoms with Gasteiger partial charge in [-0.2, -0.15) is 0 Å². The van der Waals surface area contributed by atoms with Crippen molar-refractivity contribution in [1.29, 1.82) is 0 Å². The number of carbonyl (C=O) groups excluding carboxylic acids is 4. The fourth-order valence-corrected chi connectivity index (χ4v) is 13.2. The number of sulfonamides is 1. The van der Waals surface area contributed by atoms with Gasteiger partial charge in [-0.15, -0.1) is 5.23 Å². The topological polar surface area (TPSA) is 242 Å². The molecule has 6 aromatic rings. The Balaban J connectivity index is 0.690. The molecule has 0 bridgehead atoms. The van der Waals surface area contributed by atoms with E-state index in [1.165, 1.54) is 39.9 Å². The molecule has 1 aliphatic carbocycles. The number of aromatic amines is 1. The standard InChI is InChI=1S/C63H69ClN10O10S/c1-63(2)21-19-45(53(35-63)43-8-10-47(64)11-9-43)39-71-24-26-72(27-25-71)48-12-15-52(57(33-48)84-49-32-44-20-22-65-59(44)67-37-49)60(76)69-85(81,82)50-13-16-54(56(34-50)74(79)80)66-36-42-5-3-23-70(38-42)28-30-83-29-4-6-41-7-14-51-46(31-41)40-73(62(51)78)55-17-18-58(75)68-61(55)77/h7-16,20,22,31-34,37,42,55,66,79-80H,3,5,17-19,21,23-30,35-36,38-40H2,1-2H3,(H,65,67)(H,69,76)(H,68,75,77). The van der Waals surface area contributed by atoms with E-state index in [-0.39, 0.29) is 75.5 Å². The monoisotopic (exact) mass is 1190 g/mol. The summed E-state index contributed by atoms with van der Waals surface area (Å²) in [7, 11) is -4.59. The number of ether oxygens (including phenoxy) is 2. The molecule has 3 saturated heterocycles. The van der Waals surface area contributed by atoms with Crippen LogP contribution in [0.25, 0.3) is 16.6 Å². The Morgan fingerprint density at radius 1 is 0.929 bits per heavy atom. The van der Waals surface area contributed by atoms with E-state index in [4.69, 9.17) is 21.1 Å². The molecule has 2 unspecified atom stereocenters. The van der Waals surface area contributed by atoms with Crippen LogP contribution in [0.4, 0.5) is 17.1 Å². The van der Waals surface area contributed by atoms with Crippen LogP contribution in [0.5, 0.6) is 11.5 Å². The Morgan fingerprint density at radius 2 is 1.75 bits per heavy atom. The molecule has 6 heterocycles. The Bertz CT molecular complexity index is 3740. The van der Waals surface area contributed by atoms with E-state index in [0.717, 1.165) is 98.1 Å². The number of hydrogen-bond donors (Lipinski definition) is 6. The highest BCUT2D eigenvalue weighted by Crippen LogP contribution is 2.44. The Kier molecular flexibility index (Phi) is 17.6. The molecule has 6 N–H and O–H groups in total. The maximum absolute atomic E-state index is 14.2. The molecule has 0 radical (unpaired) electrons. The molecule has 4 aliphatic heterocycles. The highest BCUT2D eigenvalue weighted by molar-refractivity contribution is 7.90. The maximum atomic E-state index is 14.2. The number of nitrogens with one attached hydrogen (secondary N) is 4. The van der Waals surface area contributed by atoms with Crippen LogP contribution in [-0.4, -0.2) is 145 Å². The van der Waals surface area contributed by atoms with Gasteiger partial charge in [0.25, 0.3) is 21.8 Å². The van der Waals surface area contributed by atoms with Gasteiger partial charge in [-0.1, -0.05) is 55.0 Å². The maximum Gasteiger partial charge on any atom is 0.268 e. The Labute approximate surface area is 499 Å². The van der Waals surface area contributed by atoms with E-state index in [1.807, 2.05) is 24.3 Å². The van der Waals surface area contributed by atoms with Gasteiger partial charge in [-0.05, 0) is 146 Å². The van der Waals surface area contributed by atoms with Crippen molar-refractivity contribution in [2.45, 2.75) is 76.3 Å². The molecule has 5 aliphatic rings. The number of amides is 4. The molecule has 22 heteroatoms. The van der Waals surface area contributed by atoms with Crippen LogP contribution in [0, 0.1) is 23.2 Å². The van der Waals surface area contributed by atoms with Gasteiger partial charge in [0.1, 0.15) is 35.5 Å². The highest BCUT2D eigenvalue weighted by atomic mass is 35.5. The number of aromatic nitrogens is 2. The molecule has 4 aromatic carbocycles. The summed E-state index contributed by atoms with van der Waals surface area (Å²) >= 11 is 6.27. The van der Waals surface area contributed by atoms with Crippen molar-refractivity contribution in [2.24, 2.45) is 11.3 Å². The number of piperidine rings is 2. The number of allylic oxidation sites excluding steroid dienone is 1. The van der Waals surface area contributed by atoms with Crippen LogP contribution >= 0.6 is 11.6 Å². The molecule has 4 amide bonds. The molecule has 2 aromatic heterocycles. The van der Waals surface area contributed by atoms with Gasteiger partial charge >= 0.3 is 0 Å². The minimum absolute atomic E-state index is 0.0386. The molecule has 444 valence electrons. The number of piperazine rings is 1. The minimum Gasteiger partial charge on any atom is -0.455 e. The first kappa shape index (κ1) is 58.9. The smallest absolute Gasteiger partial charge is 0.268 e. The van der Waals surface area contributed by atoms with E-state index in [9.17, 15) is 38.0 Å². The van der Waals surface area contributed by atoms with Crippen LogP contribution in [-0.2, 0) is 30.9 Å². The van der Waals surface area contributed by atoms with Gasteiger partial charge in [0, 0.05) is 105 Å². The fraction of sp³-hybridized carbons (Fsp3) is 0.381. The number of H-pyrrole nitrogens is 1. The van der Waals surface area contributed by atoms with Crippen molar-refractivity contribution in [3.05, 3.63) is 142 Å². The number of pyridine rings is 1. The molecule has 2 atom stereocenters. The summed E-state index contributed by atoms with van der Waals surface area (Å²) in [6.07, 6.45) is 8.78. The highest BCUT2D eigenvalue weighted by Gasteiger charge is 2.39. The second-order valence-corrected chi connectivity index (χ2v) is 25.4. The predicted molar refractivity (Wildman–Crippen MR) is 322 cm³/mol. The average molecular weight is 1190 g/mol. The van der Waals surface area contributed by atoms with E-state index in [0.29, 0.717) is 56.2 Å². The largest absolute Gasteiger partial charge is 0.455 e. The van der Waals surface area contributed by atoms with Crippen molar-refractivity contribution in [3.63, 3.8) is 0 Å². The SMILES string of the molecule is CC1(C)CCC(CN2CCN(c3ccc(C(=O)NS(=O)(=O)c4ccc(NCC5CCCN(CCOCC#Cc6ccc7c(c6)CN(C6CCC(=O)NC6=O)C7=O)C5)c(N(O)O)c4)c(Oc4cnc5[nH]ccc5c4)c3)CC2)=C(c2ccc(Cl)cc2)C1. The summed E-state index contributed by atoms with van der Waals surface area (Å²) in [5, 5.41) is 27.7. The van der Waals surface area contributed by atoms with Gasteiger partial charge in [0.15, 0.2) is 0 Å². The average Bonchev–Trinajstić information content (AvgIpc) is 2.50. The van der Waals surface area contributed by atoms with Gasteiger partial charge in [-0.25, -0.2) is 18.1 Å². The lowest BCUT2D eigenvalue weighted by molar-refractivity contribution is -0.136. The van der Waals surface area contributed by atoms with Crippen molar-refractivity contribution in [3.8, 4) is 23.3 Å². The van der Waals surface area contributed by atoms with Crippen LogP contribution < -0.4 is 30.2 Å². The van der Waals surface area contributed by atoms with Gasteiger partial charge in [-0.3, -0.25) is 39.8 Å². The quantitative estimate of drug-likeness (QED) is 0.0205. The van der Waals surface area contributed by atoms with E-state index >= 15 is 0 Å². The first-order chi connectivity index (χ1) is 40.9. The van der Waals surface area contributed by atoms with E-state index in [1.54, 1.807) is 42.6 Å². The molecule has 20 nitrogen and oxygen atoms in total.